The van der Waals surface area contributed by atoms with Gasteiger partial charge in [0.2, 0.25) is 5.69 Å². The van der Waals surface area contributed by atoms with E-state index >= 15 is 0 Å². The Morgan fingerprint density at radius 3 is 2.46 bits per heavy atom. The number of aryl methyl sites for hydroxylation is 2. The molecule has 0 saturated heterocycles. The summed E-state index contributed by atoms with van der Waals surface area (Å²) in [5.41, 5.74) is 4.76. The van der Waals surface area contributed by atoms with Crippen molar-refractivity contribution in [2.45, 2.75) is 6.92 Å². The standard InChI is InChI=1S/C21H18N3/c1-15-6-3-4-7-18(15)20-19-14-17(21-22-11-5-12-23-21)9-8-16(19)10-13-24(20)2/h3-14H,1-2H3/q+1. The number of hydrogen-bond acceptors (Lipinski definition) is 2. The topological polar surface area (TPSA) is 29.7 Å². The zero-order valence-corrected chi connectivity index (χ0v) is 13.8. The van der Waals surface area contributed by atoms with E-state index in [1.165, 1.54) is 27.6 Å². The molecule has 2 aromatic carbocycles. The lowest BCUT2D eigenvalue weighted by atomic mass is 9.98. The van der Waals surface area contributed by atoms with Gasteiger partial charge in [-0.2, -0.15) is 0 Å². The SMILES string of the molecule is Cc1ccccc1-c1c2cc(-c3ncccn3)ccc2cc[n+]1C. The van der Waals surface area contributed by atoms with Crippen molar-refractivity contribution in [2.24, 2.45) is 7.05 Å². The Hall–Kier alpha value is -3.07. The second-order valence-electron chi connectivity index (χ2n) is 5.96. The first-order valence-electron chi connectivity index (χ1n) is 8.00. The molecule has 0 saturated carbocycles. The fourth-order valence-corrected chi connectivity index (χ4v) is 3.12. The van der Waals surface area contributed by atoms with Gasteiger partial charge in [0.15, 0.2) is 12.0 Å². The highest BCUT2D eigenvalue weighted by Crippen LogP contribution is 2.30. The van der Waals surface area contributed by atoms with Gasteiger partial charge in [-0.3, -0.25) is 0 Å². The molecule has 0 unspecified atom stereocenters. The molecule has 0 spiro atoms. The first-order chi connectivity index (χ1) is 11.7. The van der Waals surface area contributed by atoms with Crippen LogP contribution in [-0.2, 0) is 7.05 Å². The van der Waals surface area contributed by atoms with Crippen molar-refractivity contribution < 1.29 is 4.57 Å². The maximum Gasteiger partial charge on any atom is 0.220 e. The molecule has 2 heterocycles. The maximum atomic E-state index is 4.38. The predicted octanol–water partition coefficient (Wildman–Crippen LogP) is 4.10. The lowest BCUT2D eigenvalue weighted by molar-refractivity contribution is -0.659. The minimum absolute atomic E-state index is 0.752. The summed E-state index contributed by atoms with van der Waals surface area (Å²) in [7, 11) is 2.09. The molecule has 3 heteroatoms. The van der Waals surface area contributed by atoms with Gasteiger partial charge in [-0.25, -0.2) is 14.5 Å². The summed E-state index contributed by atoms with van der Waals surface area (Å²) in [6.07, 6.45) is 5.67. The summed E-state index contributed by atoms with van der Waals surface area (Å²) in [5.74, 6) is 0.752. The average molecular weight is 312 g/mol. The van der Waals surface area contributed by atoms with Crippen molar-refractivity contribution in [3.8, 4) is 22.6 Å². The van der Waals surface area contributed by atoms with Gasteiger partial charge in [-0.1, -0.05) is 30.3 Å². The first kappa shape index (κ1) is 14.5. The third kappa shape index (κ3) is 2.44. The Labute approximate surface area is 141 Å². The van der Waals surface area contributed by atoms with Gasteiger partial charge in [0, 0.05) is 29.6 Å². The summed E-state index contributed by atoms with van der Waals surface area (Å²) in [5, 5.41) is 2.42. The highest BCUT2D eigenvalue weighted by Gasteiger charge is 2.17. The summed E-state index contributed by atoms with van der Waals surface area (Å²) in [6, 6.07) is 18.9. The van der Waals surface area contributed by atoms with E-state index in [1.807, 2.05) is 6.07 Å². The zero-order chi connectivity index (χ0) is 16.5. The first-order valence-corrected chi connectivity index (χ1v) is 8.00. The van der Waals surface area contributed by atoms with Crippen LogP contribution in [-0.4, -0.2) is 9.97 Å². The number of pyridine rings is 1. The number of hydrogen-bond donors (Lipinski definition) is 0. The van der Waals surface area contributed by atoms with Gasteiger partial charge in [-0.05, 0) is 36.1 Å². The molecule has 0 N–H and O–H groups in total. The van der Waals surface area contributed by atoms with E-state index in [9.17, 15) is 0 Å². The fourth-order valence-electron chi connectivity index (χ4n) is 3.12. The molecule has 116 valence electrons. The van der Waals surface area contributed by atoms with Crippen molar-refractivity contribution >= 4 is 10.8 Å². The Kier molecular flexibility index (Phi) is 3.54. The van der Waals surface area contributed by atoms with Gasteiger partial charge >= 0.3 is 0 Å². The van der Waals surface area contributed by atoms with Crippen LogP contribution >= 0.6 is 0 Å². The molecule has 0 bridgehead atoms. The average Bonchev–Trinajstić information content (AvgIpc) is 2.63. The lowest BCUT2D eigenvalue weighted by Crippen LogP contribution is -2.30. The summed E-state index contributed by atoms with van der Waals surface area (Å²) in [4.78, 5) is 8.76. The number of fused-ring (bicyclic) bond motifs is 1. The molecular weight excluding hydrogens is 294 g/mol. The van der Waals surface area contributed by atoms with Crippen LogP contribution in [0.25, 0.3) is 33.4 Å². The van der Waals surface area contributed by atoms with E-state index in [0.717, 1.165) is 11.4 Å². The molecule has 0 atom stereocenters. The fraction of sp³-hybridized carbons (Fsp3) is 0.0952. The Balaban J connectivity index is 2.02. The van der Waals surface area contributed by atoms with Crippen LogP contribution in [0.15, 0.2) is 73.2 Å². The van der Waals surface area contributed by atoms with Crippen molar-refractivity contribution in [2.75, 3.05) is 0 Å². The molecule has 0 radical (unpaired) electrons. The quantitative estimate of drug-likeness (QED) is 0.522. The smallest absolute Gasteiger partial charge is 0.220 e. The molecule has 3 nitrogen and oxygen atoms in total. The van der Waals surface area contributed by atoms with Gasteiger partial charge in [0.25, 0.3) is 0 Å². The molecule has 0 fully saturated rings. The minimum atomic E-state index is 0.752. The summed E-state index contributed by atoms with van der Waals surface area (Å²) in [6.45, 7) is 2.15. The molecule has 4 aromatic rings. The van der Waals surface area contributed by atoms with E-state index in [1.54, 1.807) is 12.4 Å². The maximum absolute atomic E-state index is 4.38. The van der Waals surface area contributed by atoms with Crippen molar-refractivity contribution in [1.29, 1.82) is 0 Å². The van der Waals surface area contributed by atoms with Crippen LogP contribution < -0.4 is 4.57 Å². The highest BCUT2D eigenvalue weighted by atomic mass is 14.9. The van der Waals surface area contributed by atoms with E-state index in [4.69, 9.17) is 0 Å². The Morgan fingerprint density at radius 2 is 1.67 bits per heavy atom. The monoisotopic (exact) mass is 312 g/mol. The van der Waals surface area contributed by atoms with Crippen LogP contribution in [0.5, 0.6) is 0 Å². The molecular formula is C21H18N3+. The van der Waals surface area contributed by atoms with Gasteiger partial charge in [0.05, 0.1) is 5.39 Å². The third-order valence-electron chi connectivity index (χ3n) is 4.36. The molecule has 4 rings (SSSR count). The molecule has 0 aliphatic carbocycles. The minimum Gasteiger partial charge on any atom is -0.237 e. The van der Waals surface area contributed by atoms with Crippen LogP contribution in [0.2, 0.25) is 0 Å². The lowest BCUT2D eigenvalue weighted by Gasteiger charge is -2.09. The Morgan fingerprint density at radius 1 is 0.875 bits per heavy atom. The van der Waals surface area contributed by atoms with E-state index in [0.29, 0.717) is 0 Å². The van der Waals surface area contributed by atoms with E-state index in [2.05, 4.69) is 83.2 Å². The number of nitrogens with zero attached hydrogens (tertiary/aromatic N) is 3. The molecule has 0 aliphatic heterocycles. The van der Waals surface area contributed by atoms with E-state index in [-0.39, 0.29) is 0 Å². The van der Waals surface area contributed by atoms with Crippen molar-refractivity contribution in [3.05, 3.63) is 78.8 Å². The third-order valence-corrected chi connectivity index (χ3v) is 4.36. The van der Waals surface area contributed by atoms with Gasteiger partial charge in [0.1, 0.15) is 7.05 Å². The molecule has 24 heavy (non-hydrogen) atoms. The summed E-state index contributed by atoms with van der Waals surface area (Å²) < 4.78 is 2.18. The second kappa shape index (κ2) is 5.85. The van der Waals surface area contributed by atoms with Crippen LogP contribution in [0.1, 0.15) is 5.56 Å². The molecule has 0 amide bonds. The molecule has 2 aromatic heterocycles. The highest BCUT2D eigenvalue weighted by molar-refractivity contribution is 5.95. The van der Waals surface area contributed by atoms with E-state index < -0.39 is 0 Å². The molecule has 0 aliphatic rings. The zero-order valence-electron chi connectivity index (χ0n) is 13.8. The van der Waals surface area contributed by atoms with Crippen LogP contribution in [0.4, 0.5) is 0 Å². The Bertz CT molecular complexity index is 1020. The number of benzene rings is 2. The van der Waals surface area contributed by atoms with Crippen molar-refractivity contribution in [1.82, 2.24) is 9.97 Å². The normalized spacial score (nSPS) is 10.9. The summed E-state index contributed by atoms with van der Waals surface area (Å²) >= 11 is 0. The predicted molar refractivity (Wildman–Crippen MR) is 96.3 cm³/mol. The van der Waals surface area contributed by atoms with Crippen molar-refractivity contribution in [3.63, 3.8) is 0 Å². The number of aromatic nitrogens is 3. The second-order valence-corrected chi connectivity index (χ2v) is 5.96. The van der Waals surface area contributed by atoms with Crippen LogP contribution in [0, 0.1) is 6.92 Å². The van der Waals surface area contributed by atoms with Gasteiger partial charge < -0.3 is 0 Å². The largest absolute Gasteiger partial charge is 0.237 e. The number of rotatable bonds is 2. The van der Waals surface area contributed by atoms with Gasteiger partial charge in [-0.15, -0.1) is 0 Å². The van der Waals surface area contributed by atoms with Crippen LogP contribution in [0.3, 0.4) is 0 Å².